The van der Waals surface area contributed by atoms with E-state index in [2.05, 4.69) is 0 Å². The number of nitrogens with zero attached hydrogens (tertiary/aromatic N) is 2. The van der Waals surface area contributed by atoms with E-state index in [0.29, 0.717) is 6.54 Å². The summed E-state index contributed by atoms with van der Waals surface area (Å²) in [6.45, 7) is 0.379. The van der Waals surface area contributed by atoms with Crippen molar-refractivity contribution in [3.05, 3.63) is 71.5 Å². The van der Waals surface area contributed by atoms with Gasteiger partial charge in [0.15, 0.2) is 0 Å². The molecule has 2 aromatic carbocycles. The number of hydrogen-bond acceptors (Lipinski definition) is 2. The van der Waals surface area contributed by atoms with Crippen molar-refractivity contribution in [3.8, 4) is 0 Å². The predicted molar refractivity (Wildman–Crippen MR) is 109 cm³/mol. The van der Waals surface area contributed by atoms with Gasteiger partial charge < -0.3 is 9.80 Å². The first-order chi connectivity index (χ1) is 14.1. The summed E-state index contributed by atoms with van der Waals surface area (Å²) in [7, 11) is 0. The molecule has 2 aliphatic rings. The van der Waals surface area contributed by atoms with E-state index in [9.17, 15) is 14.0 Å². The Morgan fingerprint density at radius 2 is 1.52 bits per heavy atom. The van der Waals surface area contributed by atoms with Crippen LogP contribution in [0.2, 0.25) is 0 Å². The molecule has 2 amide bonds. The van der Waals surface area contributed by atoms with Crippen molar-refractivity contribution < 1.29 is 14.0 Å². The second-order valence-corrected chi connectivity index (χ2v) is 8.04. The second-order valence-electron chi connectivity index (χ2n) is 8.04. The van der Waals surface area contributed by atoms with Crippen molar-refractivity contribution >= 4 is 11.8 Å². The molecular formula is C24H27FN2O2. The van der Waals surface area contributed by atoms with E-state index in [1.54, 1.807) is 28.0 Å². The van der Waals surface area contributed by atoms with Crippen LogP contribution in [0.25, 0.3) is 0 Å². The van der Waals surface area contributed by atoms with E-state index in [1.807, 2.05) is 30.3 Å². The Balaban J connectivity index is 1.69. The first kappa shape index (κ1) is 19.6. The van der Waals surface area contributed by atoms with E-state index in [-0.39, 0.29) is 30.0 Å². The van der Waals surface area contributed by atoms with Gasteiger partial charge in [-0.15, -0.1) is 0 Å². The number of hydrogen-bond donors (Lipinski definition) is 0. The quantitative estimate of drug-likeness (QED) is 0.719. The summed E-state index contributed by atoms with van der Waals surface area (Å²) < 4.78 is 14.7. The van der Waals surface area contributed by atoms with Gasteiger partial charge in [-0.3, -0.25) is 9.59 Å². The maximum Gasteiger partial charge on any atom is 0.250 e. The average Bonchev–Trinajstić information content (AvgIpc) is 3.02. The Kier molecular flexibility index (Phi) is 5.93. The maximum atomic E-state index is 14.7. The number of halogens is 1. The molecule has 0 spiro atoms. The zero-order chi connectivity index (χ0) is 20.2. The van der Waals surface area contributed by atoms with E-state index in [1.165, 1.54) is 18.9 Å². The summed E-state index contributed by atoms with van der Waals surface area (Å²) in [4.78, 5) is 30.1. The van der Waals surface area contributed by atoms with Gasteiger partial charge in [0, 0.05) is 18.2 Å². The van der Waals surface area contributed by atoms with Crippen molar-refractivity contribution in [2.45, 2.75) is 57.2 Å². The van der Waals surface area contributed by atoms with Gasteiger partial charge in [-0.2, -0.15) is 0 Å². The van der Waals surface area contributed by atoms with Crippen LogP contribution in [-0.2, 0) is 16.1 Å². The van der Waals surface area contributed by atoms with Crippen LogP contribution in [0.15, 0.2) is 54.6 Å². The highest BCUT2D eigenvalue weighted by Gasteiger charge is 2.43. The molecule has 1 aliphatic heterocycles. The van der Waals surface area contributed by atoms with Gasteiger partial charge in [0.25, 0.3) is 5.91 Å². The molecule has 0 N–H and O–H groups in total. The summed E-state index contributed by atoms with van der Waals surface area (Å²) in [5.74, 6) is -0.720. The van der Waals surface area contributed by atoms with E-state index < -0.39 is 11.9 Å². The second kappa shape index (κ2) is 8.76. The number of rotatable bonds is 4. The van der Waals surface area contributed by atoms with Gasteiger partial charge in [0.1, 0.15) is 18.4 Å². The molecule has 0 unspecified atom stereocenters. The highest BCUT2D eigenvalue weighted by Crippen LogP contribution is 2.34. The van der Waals surface area contributed by atoms with Crippen molar-refractivity contribution in [1.82, 2.24) is 9.80 Å². The molecule has 0 radical (unpaired) electrons. The van der Waals surface area contributed by atoms with Gasteiger partial charge in [-0.1, -0.05) is 74.2 Å². The van der Waals surface area contributed by atoms with Crippen molar-refractivity contribution in [1.29, 1.82) is 0 Å². The lowest BCUT2D eigenvalue weighted by molar-refractivity contribution is -0.159. The van der Waals surface area contributed by atoms with Crippen molar-refractivity contribution in [3.63, 3.8) is 0 Å². The lowest BCUT2D eigenvalue weighted by Crippen LogP contribution is -2.58. The molecule has 1 atom stereocenters. The highest BCUT2D eigenvalue weighted by molar-refractivity contribution is 5.95. The fourth-order valence-corrected chi connectivity index (χ4v) is 4.58. The van der Waals surface area contributed by atoms with E-state index in [4.69, 9.17) is 0 Å². The largest absolute Gasteiger partial charge is 0.328 e. The van der Waals surface area contributed by atoms with Gasteiger partial charge in [0.2, 0.25) is 5.91 Å². The molecule has 2 fully saturated rings. The number of amides is 2. The molecule has 0 bridgehead atoms. The van der Waals surface area contributed by atoms with Crippen molar-refractivity contribution in [2.24, 2.45) is 0 Å². The maximum absolute atomic E-state index is 14.7. The minimum atomic E-state index is -0.916. The summed E-state index contributed by atoms with van der Waals surface area (Å²) in [5.41, 5.74) is 1.21. The fraction of sp³-hybridized carbons (Fsp3) is 0.417. The highest BCUT2D eigenvalue weighted by atomic mass is 19.1. The van der Waals surface area contributed by atoms with Crippen LogP contribution < -0.4 is 0 Å². The fourth-order valence-electron chi connectivity index (χ4n) is 4.58. The molecule has 1 aliphatic carbocycles. The number of carbonyl (C=O) groups is 2. The zero-order valence-corrected chi connectivity index (χ0v) is 16.6. The van der Waals surface area contributed by atoms with E-state index >= 15 is 0 Å². The minimum Gasteiger partial charge on any atom is -0.328 e. The van der Waals surface area contributed by atoms with Gasteiger partial charge in [0.05, 0.1) is 0 Å². The topological polar surface area (TPSA) is 40.6 Å². The smallest absolute Gasteiger partial charge is 0.250 e. The molecule has 5 heteroatoms. The molecule has 4 rings (SSSR count). The van der Waals surface area contributed by atoms with Crippen LogP contribution >= 0.6 is 0 Å². The van der Waals surface area contributed by atoms with Crippen LogP contribution in [-0.4, -0.2) is 34.2 Å². The molecule has 2 aromatic rings. The van der Waals surface area contributed by atoms with Crippen LogP contribution in [0.5, 0.6) is 0 Å². The molecule has 0 aromatic heterocycles. The zero-order valence-electron chi connectivity index (χ0n) is 16.6. The van der Waals surface area contributed by atoms with Gasteiger partial charge in [-0.05, 0) is 24.5 Å². The molecule has 152 valence electrons. The number of carbonyl (C=O) groups excluding carboxylic acids is 2. The molecule has 1 saturated carbocycles. The number of benzene rings is 2. The standard InChI is InChI=1S/C24H27FN2O2/c25-21-15-9-8-14-20(21)23-24(29)26(19-12-6-1-2-7-13-19)17-22(28)27(23)16-18-10-4-3-5-11-18/h3-5,8-11,14-15,19,23H,1-2,6-7,12-13,16-17H2/t23-/m0/s1. The summed E-state index contributed by atoms with van der Waals surface area (Å²) in [6, 6.07) is 15.0. The summed E-state index contributed by atoms with van der Waals surface area (Å²) in [6.07, 6.45) is 6.32. The Morgan fingerprint density at radius 3 is 2.21 bits per heavy atom. The summed E-state index contributed by atoms with van der Waals surface area (Å²) >= 11 is 0. The third-order valence-electron chi connectivity index (χ3n) is 6.12. The normalized spacial score (nSPS) is 21.3. The Bertz CT molecular complexity index is 862. The van der Waals surface area contributed by atoms with E-state index in [0.717, 1.165) is 31.2 Å². The predicted octanol–water partition coefficient (Wildman–Crippen LogP) is 4.46. The number of piperazine rings is 1. The molecular weight excluding hydrogens is 367 g/mol. The first-order valence-corrected chi connectivity index (χ1v) is 10.5. The molecule has 1 saturated heterocycles. The van der Waals surface area contributed by atoms with Crippen LogP contribution in [0, 0.1) is 5.82 Å². The van der Waals surface area contributed by atoms with Crippen molar-refractivity contribution in [2.75, 3.05) is 6.54 Å². The van der Waals surface area contributed by atoms with Crippen LogP contribution in [0.3, 0.4) is 0 Å². The molecule has 29 heavy (non-hydrogen) atoms. The molecule has 1 heterocycles. The third-order valence-corrected chi connectivity index (χ3v) is 6.12. The monoisotopic (exact) mass is 394 g/mol. The van der Waals surface area contributed by atoms with Gasteiger partial charge >= 0.3 is 0 Å². The Morgan fingerprint density at radius 1 is 0.862 bits per heavy atom. The van der Waals surface area contributed by atoms with Crippen LogP contribution in [0.1, 0.15) is 55.7 Å². The third kappa shape index (κ3) is 4.19. The van der Waals surface area contributed by atoms with Crippen LogP contribution in [0.4, 0.5) is 4.39 Å². The SMILES string of the molecule is O=C1[C@H](c2ccccc2F)N(Cc2ccccc2)C(=O)CN1C1CCCCCC1. The Labute approximate surface area is 171 Å². The minimum absolute atomic E-state index is 0.0714. The first-order valence-electron chi connectivity index (χ1n) is 10.5. The summed E-state index contributed by atoms with van der Waals surface area (Å²) in [5, 5.41) is 0. The lowest BCUT2D eigenvalue weighted by Gasteiger charge is -2.43. The van der Waals surface area contributed by atoms with Gasteiger partial charge in [-0.25, -0.2) is 4.39 Å². The lowest BCUT2D eigenvalue weighted by atomic mass is 9.96. The molecule has 4 nitrogen and oxygen atoms in total. The Hall–Kier alpha value is -2.69. The average molecular weight is 394 g/mol.